The second-order valence-electron chi connectivity index (χ2n) is 5.15. The van der Waals surface area contributed by atoms with Gasteiger partial charge in [-0.1, -0.05) is 19.8 Å². The first-order valence-corrected chi connectivity index (χ1v) is 5.83. The van der Waals surface area contributed by atoms with Gasteiger partial charge in [-0.25, -0.2) is 5.01 Å². The number of carbonyl (C=O) groups is 1. The van der Waals surface area contributed by atoms with Crippen LogP contribution >= 0.6 is 0 Å². The third-order valence-electron chi connectivity index (χ3n) is 3.01. The normalized spacial score (nSPS) is 22.6. The molecule has 1 fully saturated rings. The standard InChI is InChI=1S/C11H19F3N2O/c1-4-5-6-8(11(12,13)14)16-7-10(2,3)9(17)15-16/h8H,4-7H2,1-3H3,(H,15,17)/t8-/m0/s1. The average molecular weight is 252 g/mol. The van der Waals surface area contributed by atoms with Crippen LogP contribution in [0.5, 0.6) is 0 Å². The molecule has 0 aromatic heterocycles. The van der Waals surface area contributed by atoms with E-state index in [0.29, 0.717) is 12.8 Å². The van der Waals surface area contributed by atoms with Gasteiger partial charge >= 0.3 is 6.18 Å². The van der Waals surface area contributed by atoms with E-state index >= 15 is 0 Å². The number of halogens is 3. The van der Waals surface area contributed by atoms with E-state index in [1.54, 1.807) is 13.8 Å². The molecule has 0 saturated carbocycles. The van der Waals surface area contributed by atoms with E-state index in [0.717, 1.165) is 5.01 Å². The van der Waals surface area contributed by atoms with Crippen LogP contribution in [-0.2, 0) is 4.79 Å². The van der Waals surface area contributed by atoms with E-state index in [4.69, 9.17) is 0 Å². The number of amides is 1. The van der Waals surface area contributed by atoms with E-state index in [1.807, 2.05) is 6.92 Å². The minimum Gasteiger partial charge on any atom is -0.288 e. The molecular weight excluding hydrogens is 233 g/mol. The number of unbranched alkanes of at least 4 members (excludes halogenated alkanes) is 1. The summed E-state index contributed by atoms with van der Waals surface area (Å²) in [5.74, 6) is -0.344. The van der Waals surface area contributed by atoms with Gasteiger partial charge in [-0.2, -0.15) is 13.2 Å². The molecular formula is C11H19F3N2O. The Bertz CT molecular complexity index is 289. The Balaban J connectivity index is 2.76. The third-order valence-corrected chi connectivity index (χ3v) is 3.01. The second-order valence-corrected chi connectivity index (χ2v) is 5.15. The molecule has 1 aliphatic rings. The van der Waals surface area contributed by atoms with Crippen LogP contribution < -0.4 is 5.43 Å². The van der Waals surface area contributed by atoms with Gasteiger partial charge in [0.05, 0.1) is 5.41 Å². The molecule has 100 valence electrons. The smallest absolute Gasteiger partial charge is 0.288 e. The minimum absolute atomic E-state index is 0.0242. The van der Waals surface area contributed by atoms with Gasteiger partial charge in [0, 0.05) is 6.54 Å². The SMILES string of the molecule is CCCC[C@H](N1CC(C)(C)C(=O)N1)C(F)(F)F. The van der Waals surface area contributed by atoms with Crippen LogP contribution in [0.3, 0.4) is 0 Å². The number of rotatable bonds is 4. The van der Waals surface area contributed by atoms with Gasteiger partial charge in [-0.3, -0.25) is 10.2 Å². The van der Waals surface area contributed by atoms with Crippen molar-refractivity contribution >= 4 is 5.91 Å². The first-order chi connectivity index (χ1) is 7.68. The zero-order valence-electron chi connectivity index (χ0n) is 10.4. The van der Waals surface area contributed by atoms with E-state index in [9.17, 15) is 18.0 Å². The van der Waals surface area contributed by atoms with E-state index in [1.165, 1.54) is 0 Å². The summed E-state index contributed by atoms with van der Waals surface area (Å²) in [6, 6.07) is -1.58. The Morgan fingerprint density at radius 2 is 2.06 bits per heavy atom. The lowest BCUT2D eigenvalue weighted by molar-refractivity contribution is -0.190. The molecule has 1 N–H and O–H groups in total. The summed E-state index contributed by atoms with van der Waals surface area (Å²) >= 11 is 0. The van der Waals surface area contributed by atoms with E-state index < -0.39 is 17.6 Å². The molecule has 3 nitrogen and oxygen atoms in total. The van der Waals surface area contributed by atoms with E-state index in [2.05, 4.69) is 5.43 Å². The zero-order valence-corrected chi connectivity index (χ0v) is 10.4. The molecule has 0 radical (unpaired) electrons. The van der Waals surface area contributed by atoms with Crippen LogP contribution in [0.4, 0.5) is 13.2 Å². The Morgan fingerprint density at radius 1 is 1.47 bits per heavy atom. The predicted octanol–water partition coefficient (Wildman–Crippen LogP) is 2.48. The van der Waals surface area contributed by atoms with Gasteiger partial charge in [0.1, 0.15) is 6.04 Å². The summed E-state index contributed by atoms with van der Waals surface area (Å²) in [5.41, 5.74) is 1.58. The molecule has 0 bridgehead atoms. The number of nitrogens with one attached hydrogen (secondary N) is 1. The van der Waals surface area contributed by atoms with Crippen molar-refractivity contribution in [1.29, 1.82) is 0 Å². The van der Waals surface area contributed by atoms with Gasteiger partial charge in [0.25, 0.3) is 0 Å². The van der Waals surface area contributed by atoms with Crippen molar-refractivity contribution in [2.75, 3.05) is 6.54 Å². The highest BCUT2D eigenvalue weighted by Gasteiger charge is 2.49. The van der Waals surface area contributed by atoms with Crippen LogP contribution in [0.2, 0.25) is 0 Å². The fourth-order valence-corrected chi connectivity index (χ4v) is 1.90. The first-order valence-electron chi connectivity index (χ1n) is 5.83. The highest BCUT2D eigenvalue weighted by atomic mass is 19.4. The van der Waals surface area contributed by atoms with Crippen LogP contribution in [0.25, 0.3) is 0 Å². The van der Waals surface area contributed by atoms with Crippen molar-refractivity contribution in [2.45, 2.75) is 52.3 Å². The summed E-state index contributed by atoms with van der Waals surface area (Å²) < 4.78 is 38.6. The fourth-order valence-electron chi connectivity index (χ4n) is 1.90. The molecule has 0 aromatic rings. The molecule has 1 aliphatic heterocycles. The highest BCUT2D eigenvalue weighted by molar-refractivity contribution is 5.83. The highest BCUT2D eigenvalue weighted by Crippen LogP contribution is 2.33. The Hall–Kier alpha value is -0.780. The zero-order chi connectivity index (χ0) is 13.3. The lowest BCUT2D eigenvalue weighted by Crippen LogP contribution is -2.49. The number of carbonyl (C=O) groups excluding carboxylic acids is 1. The molecule has 0 aromatic carbocycles. The van der Waals surface area contributed by atoms with Crippen molar-refractivity contribution in [3.05, 3.63) is 0 Å². The minimum atomic E-state index is -4.30. The maximum atomic E-state index is 12.9. The largest absolute Gasteiger partial charge is 0.405 e. The summed E-state index contributed by atoms with van der Waals surface area (Å²) in [6.07, 6.45) is -3.08. The number of alkyl halides is 3. The Labute approximate surface area is 99.3 Å². The lowest BCUT2D eigenvalue weighted by atomic mass is 9.94. The molecule has 0 unspecified atom stereocenters. The molecule has 1 heterocycles. The lowest BCUT2D eigenvalue weighted by Gasteiger charge is -2.29. The quantitative estimate of drug-likeness (QED) is 0.833. The summed E-state index contributed by atoms with van der Waals surface area (Å²) in [7, 11) is 0. The molecule has 1 saturated heterocycles. The number of hydrogen-bond acceptors (Lipinski definition) is 2. The predicted molar refractivity (Wildman–Crippen MR) is 58.0 cm³/mol. The van der Waals surface area contributed by atoms with Gasteiger partial charge in [0.2, 0.25) is 5.91 Å². The van der Waals surface area contributed by atoms with Gasteiger partial charge in [0.15, 0.2) is 0 Å². The van der Waals surface area contributed by atoms with Crippen LogP contribution in [0, 0.1) is 5.41 Å². The molecule has 0 aliphatic carbocycles. The van der Waals surface area contributed by atoms with Gasteiger partial charge in [-0.05, 0) is 20.3 Å². The topological polar surface area (TPSA) is 32.3 Å². The molecule has 1 atom stereocenters. The first kappa shape index (κ1) is 14.3. The third kappa shape index (κ3) is 3.34. The van der Waals surface area contributed by atoms with Crippen molar-refractivity contribution < 1.29 is 18.0 Å². The molecule has 17 heavy (non-hydrogen) atoms. The molecule has 1 rings (SSSR count). The van der Waals surface area contributed by atoms with Gasteiger partial charge in [-0.15, -0.1) is 0 Å². The summed E-state index contributed by atoms with van der Waals surface area (Å²) in [6.45, 7) is 5.24. The Kier molecular flexibility index (Phi) is 4.06. The maximum Gasteiger partial charge on any atom is 0.405 e. The van der Waals surface area contributed by atoms with Crippen molar-refractivity contribution in [1.82, 2.24) is 10.4 Å². The van der Waals surface area contributed by atoms with Crippen LogP contribution in [0.15, 0.2) is 0 Å². The Morgan fingerprint density at radius 3 is 2.41 bits per heavy atom. The maximum absolute atomic E-state index is 12.9. The number of hydrogen-bond donors (Lipinski definition) is 1. The van der Waals surface area contributed by atoms with Crippen LogP contribution in [0.1, 0.15) is 40.0 Å². The molecule has 1 amide bonds. The van der Waals surface area contributed by atoms with Crippen molar-refractivity contribution in [2.24, 2.45) is 5.41 Å². The second kappa shape index (κ2) is 4.84. The average Bonchev–Trinajstić information content (AvgIpc) is 2.39. The summed E-state index contributed by atoms with van der Waals surface area (Å²) in [5, 5.41) is 1.04. The van der Waals surface area contributed by atoms with E-state index in [-0.39, 0.29) is 18.9 Å². The van der Waals surface area contributed by atoms with Crippen LogP contribution in [-0.4, -0.2) is 29.7 Å². The summed E-state index contributed by atoms with van der Waals surface area (Å²) in [4.78, 5) is 11.5. The van der Waals surface area contributed by atoms with Crippen molar-refractivity contribution in [3.63, 3.8) is 0 Å². The number of nitrogens with zero attached hydrogens (tertiary/aromatic N) is 1. The fraction of sp³-hybridized carbons (Fsp3) is 0.909. The van der Waals surface area contributed by atoms with Crippen molar-refractivity contribution in [3.8, 4) is 0 Å². The molecule has 6 heteroatoms. The number of hydrazine groups is 1. The monoisotopic (exact) mass is 252 g/mol. The van der Waals surface area contributed by atoms with Gasteiger partial charge < -0.3 is 0 Å². The molecule has 0 spiro atoms.